The van der Waals surface area contributed by atoms with E-state index in [9.17, 15) is 5.21 Å². The van der Waals surface area contributed by atoms with Crippen LogP contribution in [0.25, 0.3) is 5.65 Å². The molecule has 11 heavy (non-hydrogen) atoms. The smallest absolute Gasteiger partial charge is 0.275 e. The van der Waals surface area contributed by atoms with Crippen molar-refractivity contribution in [1.82, 2.24) is 14.7 Å². The molecule has 2 heterocycles. The summed E-state index contributed by atoms with van der Waals surface area (Å²) in [5.74, 6) is 0.292. The molecule has 0 aliphatic heterocycles. The third-order valence-corrected chi connectivity index (χ3v) is 1.29. The molecule has 0 amide bonds. The van der Waals surface area contributed by atoms with E-state index in [4.69, 9.17) is 5.73 Å². The lowest BCUT2D eigenvalue weighted by Crippen LogP contribution is -2.33. The van der Waals surface area contributed by atoms with Crippen LogP contribution in [0.5, 0.6) is 0 Å². The minimum atomic E-state index is 0.292. The van der Waals surface area contributed by atoms with Crippen LogP contribution in [0, 0.1) is 5.21 Å². The molecule has 0 unspecified atom stereocenters. The van der Waals surface area contributed by atoms with Crippen molar-refractivity contribution < 1.29 is 4.85 Å². The summed E-state index contributed by atoms with van der Waals surface area (Å²) in [7, 11) is 0. The van der Waals surface area contributed by atoms with Crippen LogP contribution in [0.2, 0.25) is 0 Å². The zero-order valence-electron chi connectivity index (χ0n) is 5.51. The van der Waals surface area contributed by atoms with E-state index in [1.54, 1.807) is 12.1 Å². The molecule has 56 valence electrons. The lowest BCUT2D eigenvalue weighted by Gasteiger charge is -1.95. The molecule has 2 rings (SSSR count). The predicted octanol–water partition coefficient (Wildman–Crippen LogP) is -1.06. The minimum Gasteiger partial charge on any atom is -0.723 e. The number of nitrogens with two attached hydrogens (primary N) is 1. The second-order valence-corrected chi connectivity index (χ2v) is 2.05. The van der Waals surface area contributed by atoms with Crippen LogP contribution in [-0.4, -0.2) is 14.7 Å². The Morgan fingerprint density at radius 1 is 1.55 bits per heavy atom. The normalized spacial score (nSPS) is 10.5. The molecule has 0 spiro atoms. The third-order valence-electron chi connectivity index (χ3n) is 1.29. The van der Waals surface area contributed by atoms with Gasteiger partial charge in [-0.2, -0.15) is 4.85 Å². The number of nitrogen functional groups attached to an aromatic ring is 1. The van der Waals surface area contributed by atoms with Gasteiger partial charge in [-0.05, 0) is 4.63 Å². The van der Waals surface area contributed by atoms with Gasteiger partial charge in [0.1, 0.15) is 0 Å². The fourth-order valence-corrected chi connectivity index (χ4v) is 0.818. The lowest BCUT2D eigenvalue weighted by molar-refractivity contribution is -0.683. The standard InChI is InChI=1S/C5H5N5O/c6-4-1-2-5-7-3-9(11)10(5)8-4/h1-3H,(H2,6,8). The summed E-state index contributed by atoms with van der Waals surface area (Å²) in [4.78, 5) is 4.26. The molecule has 0 saturated carbocycles. The lowest BCUT2D eigenvalue weighted by atomic mass is 10.5. The van der Waals surface area contributed by atoms with E-state index in [-0.39, 0.29) is 0 Å². The number of fused-ring (bicyclic) bond motifs is 1. The van der Waals surface area contributed by atoms with Gasteiger partial charge < -0.3 is 10.9 Å². The molecule has 0 fully saturated rings. The van der Waals surface area contributed by atoms with E-state index in [1.807, 2.05) is 0 Å². The average molecular weight is 151 g/mol. The number of nitrogens with zero attached hydrogens (tertiary/aromatic N) is 4. The van der Waals surface area contributed by atoms with E-state index in [0.717, 1.165) is 11.0 Å². The maximum atomic E-state index is 10.8. The summed E-state index contributed by atoms with van der Waals surface area (Å²) in [6.45, 7) is 0. The molecule has 2 aromatic heterocycles. The van der Waals surface area contributed by atoms with Crippen molar-refractivity contribution in [2.75, 3.05) is 5.73 Å². The maximum Gasteiger partial charge on any atom is 0.275 e. The first-order valence-electron chi connectivity index (χ1n) is 2.97. The number of hydrogen-bond donors (Lipinski definition) is 1. The summed E-state index contributed by atoms with van der Waals surface area (Å²) in [6, 6.07) is 3.21. The molecule has 0 aromatic carbocycles. The Bertz CT molecular complexity index is 395. The molecule has 0 aliphatic rings. The van der Waals surface area contributed by atoms with E-state index in [2.05, 4.69) is 10.1 Å². The Balaban J connectivity index is 2.87. The summed E-state index contributed by atoms with van der Waals surface area (Å²) in [6.07, 6.45) is 1.13. The molecule has 6 nitrogen and oxygen atoms in total. The van der Waals surface area contributed by atoms with Crippen molar-refractivity contribution in [3.05, 3.63) is 23.7 Å². The molecule has 0 bridgehead atoms. The van der Waals surface area contributed by atoms with Crippen molar-refractivity contribution in [3.63, 3.8) is 0 Å². The van der Waals surface area contributed by atoms with Gasteiger partial charge in [-0.25, -0.2) is 0 Å². The molecular formula is C5H5N5O. The summed E-state index contributed by atoms with van der Waals surface area (Å²) in [5, 5.41) is 14.5. The highest BCUT2D eigenvalue weighted by Gasteiger charge is 2.04. The van der Waals surface area contributed by atoms with Gasteiger partial charge in [0.25, 0.3) is 5.65 Å². The maximum absolute atomic E-state index is 10.8. The van der Waals surface area contributed by atoms with Crippen LogP contribution in [-0.2, 0) is 0 Å². The van der Waals surface area contributed by atoms with Crippen LogP contribution in [0.1, 0.15) is 0 Å². The number of rotatable bonds is 0. The van der Waals surface area contributed by atoms with Crippen molar-refractivity contribution >= 4 is 11.5 Å². The Morgan fingerprint density at radius 3 is 3.18 bits per heavy atom. The molecule has 0 radical (unpaired) electrons. The van der Waals surface area contributed by atoms with Gasteiger partial charge >= 0.3 is 0 Å². The SMILES string of the molecule is Nc1ccc2nc[n+]([O-])n2n1. The fourth-order valence-electron chi connectivity index (χ4n) is 0.818. The zero-order chi connectivity index (χ0) is 7.84. The van der Waals surface area contributed by atoms with Crippen molar-refractivity contribution in [2.24, 2.45) is 0 Å². The Labute approximate surface area is 61.4 Å². The molecule has 0 aliphatic carbocycles. The molecule has 0 saturated heterocycles. The number of hydrogen-bond acceptors (Lipinski definition) is 4. The van der Waals surface area contributed by atoms with E-state index in [1.165, 1.54) is 0 Å². The molecular weight excluding hydrogens is 146 g/mol. The topological polar surface area (TPSA) is 83.1 Å². The highest BCUT2D eigenvalue weighted by atomic mass is 16.5. The second kappa shape index (κ2) is 1.82. The Morgan fingerprint density at radius 2 is 2.36 bits per heavy atom. The highest BCUT2D eigenvalue weighted by molar-refractivity contribution is 5.38. The second-order valence-electron chi connectivity index (χ2n) is 2.05. The fraction of sp³-hybridized carbons (Fsp3) is 0. The Hall–Kier alpha value is -1.85. The van der Waals surface area contributed by atoms with Gasteiger partial charge in [0.05, 0.1) is 0 Å². The van der Waals surface area contributed by atoms with Gasteiger partial charge in [-0.3, -0.25) is 0 Å². The first kappa shape index (κ1) is 5.90. The molecule has 0 atom stereocenters. The largest absolute Gasteiger partial charge is 0.723 e. The van der Waals surface area contributed by atoms with Gasteiger partial charge in [0.15, 0.2) is 0 Å². The highest BCUT2D eigenvalue weighted by Crippen LogP contribution is 1.96. The van der Waals surface area contributed by atoms with E-state index >= 15 is 0 Å². The zero-order valence-corrected chi connectivity index (χ0v) is 5.51. The van der Waals surface area contributed by atoms with Gasteiger partial charge in [-0.15, -0.1) is 0 Å². The monoisotopic (exact) mass is 151 g/mol. The minimum absolute atomic E-state index is 0.292. The van der Waals surface area contributed by atoms with Gasteiger partial charge in [0.2, 0.25) is 12.1 Å². The molecule has 6 heteroatoms. The van der Waals surface area contributed by atoms with Crippen molar-refractivity contribution in [3.8, 4) is 0 Å². The Kier molecular flexibility index (Phi) is 0.974. The predicted molar refractivity (Wildman–Crippen MR) is 36.4 cm³/mol. The first-order valence-corrected chi connectivity index (χ1v) is 2.97. The quantitative estimate of drug-likeness (QED) is 0.384. The van der Waals surface area contributed by atoms with Gasteiger partial charge in [-0.1, -0.05) is 4.98 Å². The molecule has 2 aromatic rings. The first-order chi connectivity index (χ1) is 5.27. The van der Waals surface area contributed by atoms with Crippen molar-refractivity contribution in [1.29, 1.82) is 0 Å². The van der Waals surface area contributed by atoms with Crippen molar-refractivity contribution in [2.45, 2.75) is 0 Å². The van der Waals surface area contributed by atoms with Crippen LogP contribution < -0.4 is 10.6 Å². The van der Waals surface area contributed by atoms with E-state index in [0.29, 0.717) is 16.3 Å². The summed E-state index contributed by atoms with van der Waals surface area (Å²) < 4.78 is 1.08. The van der Waals surface area contributed by atoms with Crippen LogP contribution in [0.3, 0.4) is 0 Å². The van der Waals surface area contributed by atoms with E-state index < -0.39 is 0 Å². The third kappa shape index (κ3) is 0.759. The van der Waals surface area contributed by atoms with Gasteiger partial charge in [0, 0.05) is 17.2 Å². The van der Waals surface area contributed by atoms with Crippen LogP contribution >= 0.6 is 0 Å². The summed E-state index contributed by atoms with van der Waals surface area (Å²) in [5.41, 5.74) is 5.82. The number of anilines is 1. The average Bonchev–Trinajstić information content (AvgIpc) is 2.33. The number of aromatic nitrogens is 4. The van der Waals surface area contributed by atoms with Crippen LogP contribution in [0.4, 0.5) is 5.82 Å². The van der Waals surface area contributed by atoms with Crippen LogP contribution in [0.15, 0.2) is 18.5 Å². The summed E-state index contributed by atoms with van der Waals surface area (Å²) >= 11 is 0. The molecule has 2 N–H and O–H groups in total.